The summed E-state index contributed by atoms with van der Waals surface area (Å²) in [7, 11) is 2.06. The van der Waals surface area contributed by atoms with E-state index in [1.165, 1.54) is 12.1 Å². The van der Waals surface area contributed by atoms with Crippen LogP contribution in [0.25, 0.3) is 11.3 Å². The minimum Gasteiger partial charge on any atom is -0.377 e. The molecule has 8 heteroatoms. The second-order valence-electron chi connectivity index (χ2n) is 9.20. The summed E-state index contributed by atoms with van der Waals surface area (Å²) in [6.07, 6.45) is 5.93. The molecule has 0 bridgehead atoms. The van der Waals surface area contributed by atoms with Crippen molar-refractivity contribution in [2.24, 2.45) is 7.05 Å². The van der Waals surface area contributed by atoms with Crippen molar-refractivity contribution in [3.63, 3.8) is 0 Å². The van der Waals surface area contributed by atoms with Crippen LogP contribution in [-0.4, -0.2) is 57.9 Å². The SMILES string of the molecule is CC1CC(c2nccn2C)CCN1c1cc(-c2ccc(F)cc2)nc(N2CCOCC2C)n1. The lowest BCUT2D eigenvalue weighted by Gasteiger charge is -2.39. The molecule has 3 atom stereocenters. The Labute approximate surface area is 194 Å². The zero-order valence-electron chi connectivity index (χ0n) is 19.5. The van der Waals surface area contributed by atoms with Crippen molar-refractivity contribution in [1.29, 1.82) is 0 Å². The Morgan fingerprint density at radius 1 is 1.03 bits per heavy atom. The Morgan fingerprint density at radius 3 is 2.55 bits per heavy atom. The summed E-state index contributed by atoms with van der Waals surface area (Å²) in [5, 5.41) is 0. The molecule has 0 radical (unpaired) electrons. The van der Waals surface area contributed by atoms with Crippen LogP contribution in [0.1, 0.15) is 38.4 Å². The molecule has 2 fully saturated rings. The number of benzene rings is 1. The summed E-state index contributed by atoms with van der Waals surface area (Å²) in [5.74, 6) is 2.97. The number of piperidine rings is 1. The van der Waals surface area contributed by atoms with Gasteiger partial charge in [0.05, 0.1) is 24.9 Å². The maximum Gasteiger partial charge on any atom is 0.228 e. The molecule has 0 N–H and O–H groups in total. The van der Waals surface area contributed by atoms with Crippen LogP contribution in [0.5, 0.6) is 0 Å². The van der Waals surface area contributed by atoms with Crippen molar-refractivity contribution in [1.82, 2.24) is 19.5 Å². The number of aromatic nitrogens is 4. The number of rotatable bonds is 4. The molecule has 0 spiro atoms. The largest absolute Gasteiger partial charge is 0.377 e. The van der Waals surface area contributed by atoms with E-state index in [2.05, 4.69) is 40.2 Å². The standard InChI is InChI=1S/C25H31FN6O/c1-17-14-20(24-27-9-11-30(24)3)8-10-31(17)23-15-22(19-4-6-21(26)7-5-19)28-25(29-23)32-12-13-33-16-18(32)2/h4-7,9,11,15,17-18,20H,8,10,12-14,16H2,1-3H3. The van der Waals surface area contributed by atoms with Gasteiger partial charge >= 0.3 is 0 Å². The Morgan fingerprint density at radius 2 is 1.85 bits per heavy atom. The quantitative estimate of drug-likeness (QED) is 0.599. The highest BCUT2D eigenvalue weighted by Gasteiger charge is 2.31. The summed E-state index contributed by atoms with van der Waals surface area (Å²) < 4.78 is 21.3. The summed E-state index contributed by atoms with van der Waals surface area (Å²) in [4.78, 5) is 19.1. The average molecular weight is 451 g/mol. The monoisotopic (exact) mass is 450 g/mol. The molecule has 7 nitrogen and oxygen atoms in total. The Hall–Kier alpha value is -3.00. The predicted molar refractivity (Wildman–Crippen MR) is 127 cm³/mol. The maximum absolute atomic E-state index is 13.6. The number of halogens is 1. The molecule has 3 unspecified atom stereocenters. The van der Waals surface area contributed by atoms with Crippen LogP contribution in [-0.2, 0) is 11.8 Å². The lowest BCUT2D eigenvalue weighted by molar-refractivity contribution is 0.0981. The minimum atomic E-state index is -0.250. The maximum atomic E-state index is 13.6. The van der Waals surface area contributed by atoms with E-state index in [0.29, 0.717) is 31.1 Å². The third-order valence-electron chi connectivity index (χ3n) is 6.86. The minimum absolute atomic E-state index is 0.196. The molecule has 0 saturated carbocycles. The smallest absolute Gasteiger partial charge is 0.228 e. The summed E-state index contributed by atoms with van der Waals surface area (Å²) in [5.41, 5.74) is 1.70. The summed E-state index contributed by atoms with van der Waals surface area (Å²) in [6, 6.07) is 9.08. The van der Waals surface area contributed by atoms with E-state index in [1.807, 2.05) is 18.5 Å². The molecule has 2 aliphatic rings. The van der Waals surface area contributed by atoms with Gasteiger partial charge in [0.25, 0.3) is 0 Å². The number of aryl methyl sites for hydroxylation is 1. The first kappa shape index (κ1) is 21.8. The zero-order valence-corrected chi connectivity index (χ0v) is 19.5. The summed E-state index contributed by atoms with van der Waals surface area (Å²) >= 11 is 0. The van der Waals surface area contributed by atoms with E-state index in [-0.39, 0.29) is 11.9 Å². The van der Waals surface area contributed by atoms with Crippen molar-refractivity contribution in [2.45, 2.75) is 44.7 Å². The summed E-state index contributed by atoms with van der Waals surface area (Å²) in [6.45, 7) is 7.36. The third-order valence-corrected chi connectivity index (χ3v) is 6.86. The van der Waals surface area contributed by atoms with Crippen molar-refractivity contribution in [3.8, 4) is 11.3 Å². The van der Waals surface area contributed by atoms with Crippen LogP contribution in [0.3, 0.4) is 0 Å². The van der Waals surface area contributed by atoms with E-state index in [1.54, 1.807) is 12.1 Å². The van der Waals surface area contributed by atoms with Gasteiger partial charge in [0.15, 0.2) is 0 Å². The number of hydrogen-bond donors (Lipinski definition) is 0. The molecule has 2 aromatic heterocycles. The molecule has 174 valence electrons. The molecular weight excluding hydrogens is 419 g/mol. The first-order valence-corrected chi connectivity index (χ1v) is 11.7. The third kappa shape index (κ3) is 4.44. The Bertz CT molecular complexity index is 1100. The average Bonchev–Trinajstić information content (AvgIpc) is 3.25. The van der Waals surface area contributed by atoms with Crippen molar-refractivity contribution in [2.75, 3.05) is 36.1 Å². The molecular formula is C25H31FN6O. The van der Waals surface area contributed by atoms with E-state index in [9.17, 15) is 4.39 Å². The first-order valence-electron chi connectivity index (χ1n) is 11.7. The molecule has 1 aromatic carbocycles. The molecule has 5 rings (SSSR count). The van der Waals surface area contributed by atoms with Crippen molar-refractivity contribution in [3.05, 3.63) is 54.4 Å². The van der Waals surface area contributed by atoms with E-state index in [0.717, 1.165) is 48.8 Å². The molecule has 2 aliphatic heterocycles. The second-order valence-corrected chi connectivity index (χ2v) is 9.20. The second kappa shape index (κ2) is 9.09. The highest BCUT2D eigenvalue weighted by atomic mass is 19.1. The first-order chi connectivity index (χ1) is 16.0. The van der Waals surface area contributed by atoms with Gasteiger partial charge in [-0.1, -0.05) is 0 Å². The molecule has 33 heavy (non-hydrogen) atoms. The topological polar surface area (TPSA) is 59.3 Å². The van der Waals surface area contributed by atoms with Gasteiger partial charge in [0, 0.05) is 56.1 Å². The fourth-order valence-corrected chi connectivity index (χ4v) is 5.01. The molecule has 0 amide bonds. The van der Waals surface area contributed by atoms with Gasteiger partial charge in [0.2, 0.25) is 5.95 Å². The van der Waals surface area contributed by atoms with E-state index >= 15 is 0 Å². The Balaban J connectivity index is 1.48. The van der Waals surface area contributed by atoms with Crippen molar-refractivity contribution < 1.29 is 9.13 Å². The van der Waals surface area contributed by atoms with Crippen LogP contribution in [0.15, 0.2) is 42.7 Å². The normalized spacial score (nSPS) is 23.7. The number of ether oxygens (including phenoxy) is 1. The van der Waals surface area contributed by atoms with Gasteiger partial charge in [-0.3, -0.25) is 0 Å². The van der Waals surface area contributed by atoms with Crippen molar-refractivity contribution >= 4 is 11.8 Å². The zero-order chi connectivity index (χ0) is 22.9. The van der Waals surface area contributed by atoms with Gasteiger partial charge in [0.1, 0.15) is 17.5 Å². The van der Waals surface area contributed by atoms with Gasteiger partial charge in [-0.2, -0.15) is 4.98 Å². The lowest BCUT2D eigenvalue weighted by atomic mass is 9.90. The number of morpholine rings is 1. The van der Waals surface area contributed by atoms with Crippen LogP contribution in [0.4, 0.5) is 16.2 Å². The number of hydrogen-bond acceptors (Lipinski definition) is 6. The Kier molecular flexibility index (Phi) is 6.01. The van der Waals surface area contributed by atoms with E-state index < -0.39 is 0 Å². The molecule has 0 aliphatic carbocycles. The predicted octanol–water partition coefficient (Wildman–Crippen LogP) is 4.01. The van der Waals surface area contributed by atoms with Gasteiger partial charge < -0.3 is 19.1 Å². The molecule has 3 aromatic rings. The van der Waals surface area contributed by atoms with Gasteiger partial charge in [-0.15, -0.1) is 0 Å². The number of imidazole rings is 1. The molecule has 2 saturated heterocycles. The lowest BCUT2D eigenvalue weighted by Crippen LogP contribution is -2.45. The highest BCUT2D eigenvalue weighted by Crippen LogP contribution is 2.35. The fraction of sp³-hybridized carbons (Fsp3) is 0.480. The van der Waals surface area contributed by atoms with Crippen LogP contribution < -0.4 is 9.80 Å². The number of anilines is 2. The van der Waals surface area contributed by atoms with Gasteiger partial charge in [-0.05, 0) is 51.0 Å². The van der Waals surface area contributed by atoms with Crippen LogP contribution >= 0.6 is 0 Å². The van der Waals surface area contributed by atoms with Crippen LogP contribution in [0, 0.1) is 5.82 Å². The molecule has 4 heterocycles. The fourth-order valence-electron chi connectivity index (χ4n) is 5.01. The van der Waals surface area contributed by atoms with Crippen LogP contribution in [0.2, 0.25) is 0 Å². The highest BCUT2D eigenvalue weighted by molar-refractivity contribution is 5.65. The number of nitrogens with zero attached hydrogens (tertiary/aromatic N) is 6. The van der Waals surface area contributed by atoms with Gasteiger partial charge in [-0.25, -0.2) is 14.4 Å². The van der Waals surface area contributed by atoms with E-state index in [4.69, 9.17) is 14.7 Å².